The monoisotopic (exact) mass is 369 g/mol. The molecular weight excluding hydrogens is 350 g/mol. The van der Waals surface area contributed by atoms with E-state index in [1.165, 1.54) is 0 Å². The van der Waals surface area contributed by atoms with Crippen molar-refractivity contribution in [3.8, 4) is 17.0 Å². The van der Waals surface area contributed by atoms with E-state index in [4.69, 9.17) is 16.3 Å². The molecule has 0 aliphatic heterocycles. The molecule has 2 aromatic carbocycles. The van der Waals surface area contributed by atoms with Crippen LogP contribution in [0.3, 0.4) is 0 Å². The maximum Gasteiger partial charge on any atom is 0.336 e. The number of unbranched alkanes of at least 4 members (excludes halogenated alkanes) is 1. The van der Waals surface area contributed by atoms with Crippen LogP contribution in [0.5, 0.6) is 5.75 Å². The van der Waals surface area contributed by atoms with Gasteiger partial charge in [0.2, 0.25) is 0 Å². The van der Waals surface area contributed by atoms with Gasteiger partial charge in [-0.05, 0) is 55.3 Å². The number of pyridine rings is 1. The fourth-order valence-electron chi connectivity index (χ4n) is 2.79. The first kappa shape index (κ1) is 18.2. The smallest absolute Gasteiger partial charge is 0.336 e. The number of fused-ring (bicyclic) bond motifs is 1. The topological polar surface area (TPSA) is 59.4 Å². The van der Waals surface area contributed by atoms with Crippen LogP contribution in [-0.2, 0) is 0 Å². The number of aryl methyl sites for hydroxylation is 1. The van der Waals surface area contributed by atoms with Gasteiger partial charge in [0.1, 0.15) is 5.75 Å². The second-order valence-corrected chi connectivity index (χ2v) is 6.56. The van der Waals surface area contributed by atoms with E-state index in [1.54, 1.807) is 18.2 Å². The molecule has 0 fully saturated rings. The predicted octanol–water partition coefficient (Wildman–Crippen LogP) is 5.74. The number of carbonyl (C=O) groups is 1. The molecule has 0 bridgehead atoms. The Morgan fingerprint density at radius 1 is 1.19 bits per heavy atom. The number of benzene rings is 2. The van der Waals surface area contributed by atoms with Crippen molar-refractivity contribution in [1.82, 2.24) is 4.98 Å². The number of rotatable bonds is 6. The Morgan fingerprint density at radius 2 is 1.92 bits per heavy atom. The summed E-state index contributed by atoms with van der Waals surface area (Å²) in [4.78, 5) is 16.4. The molecule has 0 unspecified atom stereocenters. The summed E-state index contributed by atoms with van der Waals surface area (Å²) in [7, 11) is 0. The minimum absolute atomic E-state index is 0.216. The molecule has 0 saturated carbocycles. The minimum Gasteiger partial charge on any atom is -0.494 e. The van der Waals surface area contributed by atoms with E-state index in [0.717, 1.165) is 29.7 Å². The van der Waals surface area contributed by atoms with E-state index >= 15 is 0 Å². The summed E-state index contributed by atoms with van der Waals surface area (Å²) in [6.45, 7) is 4.65. The molecule has 4 nitrogen and oxygen atoms in total. The zero-order valence-electron chi connectivity index (χ0n) is 14.8. The molecule has 0 spiro atoms. The van der Waals surface area contributed by atoms with E-state index in [-0.39, 0.29) is 5.56 Å². The average molecular weight is 370 g/mol. The maximum absolute atomic E-state index is 11.7. The highest BCUT2D eigenvalue weighted by Crippen LogP contribution is 2.30. The Bertz CT molecular complexity index is 952. The standard InChI is InChI=1S/C21H20ClNO3/c1-3-4-11-26-15-7-5-14(6-8-15)19-12-17(21(24)25)16-9-10-18(22)13(2)20(16)23-19/h5-10,12H,3-4,11H2,1-2H3,(H,24,25). The van der Waals surface area contributed by atoms with Crippen molar-refractivity contribution < 1.29 is 14.6 Å². The van der Waals surface area contributed by atoms with Crippen molar-refractivity contribution in [3.05, 3.63) is 58.6 Å². The lowest BCUT2D eigenvalue weighted by Crippen LogP contribution is -2.01. The van der Waals surface area contributed by atoms with Gasteiger partial charge in [0.05, 0.1) is 23.4 Å². The SMILES string of the molecule is CCCCOc1ccc(-c2cc(C(=O)O)c3ccc(Cl)c(C)c3n2)cc1. The minimum atomic E-state index is -0.986. The van der Waals surface area contributed by atoms with Gasteiger partial charge in [0.25, 0.3) is 0 Å². The number of aromatic nitrogens is 1. The number of carboxylic acid groups (broad SMARTS) is 1. The van der Waals surface area contributed by atoms with Crippen LogP contribution in [0.4, 0.5) is 0 Å². The molecule has 0 aliphatic carbocycles. The van der Waals surface area contributed by atoms with E-state index in [9.17, 15) is 9.90 Å². The molecule has 0 radical (unpaired) electrons. The van der Waals surface area contributed by atoms with Gasteiger partial charge < -0.3 is 9.84 Å². The summed E-state index contributed by atoms with van der Waals surface area (Å²) in [6, 6.07) is 12.5. The molecule has 134 valence electrons. The first-order valence-electron chi connectivity index (χ1n) is 8.57. The highest BCUT2D eigenvalue weighted by molar-refractivity contribution is 6.32. The van der Waals surface area contributed by atoms with Crippen LogP contribution in [0, 0.1) is 6.92 Å². The van der Waals surface area contributed by atoms with Gasteiger partial charge in [-0.15, -0.1) is 0 Å². The number of aromatic carboxylic acids is 1. The van der Waals surface area contributed by atoms with Crippen LogP contribution < -0.4 is 4.74 Å². The van der Waals surface area contributed by atoms with E-state index in [2.05, 4.69) is 11.9 Å². The quantitative estimate of drug-likeness (QED) is 0.563. The van der Waals surface area contributed by atoms with Gasteiger partial charge in [-0.2, -0.15) is 0 Å². The maximum atomic E-state index is 11.7. The lowest BCUT2D eigenvalue weighted by atomic mass is 10.0. The molecule has 3 rings (SSSR count). The lowest BCUT2D eigenvalue weighted by molar-refractivity contribution is 0.0699. The third kappa shape index (κ3) is 3.65. The van der Waals surface area contributed by atoms with Crippen molar-refractivity contribution in [3.63, 3.8) is 0 Å². The molecule has 3 aromatic rings. The average Bonchev–Trinajstić information content (AvgIpc) is 2.65. The fourth-order valence-corrected chi connectivity index (χ4v) is 2.94. The van der Waals surface area contributed by atoms with Crippen LogP contribution in [0.25, 0.3) is 22.2 Å². The molecule has 26 heavy (non-hydrogen) atoms. The summed E-state index contributed by atoms with van der Waals surface area (Å²) in [5, 5.41) is 10.8. The van der Waals surface area contributed by atoms with Gasteiger partial charge in [-0.25, -0.2) is 9.78 Å². The molecule has 1 heterocycles. The van der Waals surface area contributed by atoms with Gasteiger partial charge in [-0.1, -0.05) is 31.0 Å². The van der Waals surface area contributed by atoms with E-state index in [1.807, 2.05) is 31.2 Å². The Kier molecular flexibility index (Phi) is 5.43. The molecular formula is C21H20ClNO3. The summed E-state index contributed by atoms with van der Waals surface area (Å²) < 4.78 is 5.67. The van der Waals surface area contributed by atoms with E-state index in [0.29, 0.717) is 28.2 Å². The summed E-state index contributed by atoms with van der Waals surface area (Å²) in [5.74, 6) is -0.194. The molecule has 5 heteroatoms. The largest absolute Gasteiger partial charge is 0.494 e. The van der Waals surface area contributed by atoms with Crippen molar-refractivity contribution in [2.75, 3.05) is 6.61 Å². The van der Waals surface area contributed by atoms with E-state index < -0.39 is 5.97 Å². The first-order valence-corrected chi connectivity index (χ1v) is 8.95. The number of halogens is 1. The van der Waals surface area contributed by atoms with Crippen LogP contribution >= 0.6 is 11.6 Å². The van der Waals surface area contributed by atoms with Gasteiger partial charge in [0, 0.05) is 16.0 Å². The zero-order chi connectivity index (χ0) is 18.7. The Morgan fingerprint density at radius 3 is 2.58 bits per heavy atom. The summed E-state index contributed by atoms with van der Waals surface area (Å²) >= 11 is 6.20. The number of hydrogen-bond donors (Lipinski definition) is 1. The molecule has 0 saturated heterocycles. The first-order chi connectivity index (χ1) is 12.5. The van der Waals surface area contributed by atoms with Crippen LogP contribution in [-0.4, -0.2) is 22.7 Å². The summed E-state index contributed by atoms with van der Waals surface area (Å²) in [5.41, 5.74) is 3.02. The Labute approximate surface area is 157 Å². The number of hydrogen-bond acceptors (Lipinski definition) is 3. The number of ether oxygens (including phenoxy) is 1. The van der Waals surface area contributed by atoms with Gasteiger partial charge in [-0.3, -0.25) is 0 Å². The number of nitrogens with zero attached hydrogens (tertiary/aromatic N) is 1. The fraction of sp³-hybridized carbons (Fsp3) is 0.238. The Hall–Kier alpha value is -2.59. The molecule has 0 amide bonds. The van der Waals surface area contributed by atoms with Crippen LogP contribution in [0.15, 0.2) is 42.5 Å². The second-order valence-electron chi connectivity index (χ2n) is 6.16. The van der Waals surface area contributed by atoms with Crippen molar-refractivity contribution in [2.45, 2.75) is 26.7 Å². The normalized spacial score (nSPS) is 10.9. The van der Waals surface area contributed by atoms with Crippen molar-refractivity contribution in [2.24, 2.45) is 0 Å². The predicted molar refractivity (Wildman–Crippen MR) is 104 cm³/mol. The van der Waals surface area contributed by atoms with Crippen LogP contribution in [0.1, 0.15) is 35.7 Å². The Balaban J connectivity index is 2.04. The van der Waals surface area contributed by atoms with Crippen molar-refractivity contribution in [1.29, 1.82) is 0 Å². The second kappa shape index (κ2) is 7.75. The third-order valence-electron chi connectivity index (χ3n) is 4.32. The molecule has 0 aliphatic rings. The third-order valence-corrected chi connectivity index (χ3v) is 4.72. The highest BCUT2D eigenvalue weighted by atomic mass is 35.5. The summed E-state index contributed by atoms with van der Waals surface area (Å²) in [6.07, 6.45) is 2.09. The van der Waals surface area contributed by atoms with Gasteiger partial charge >= 0.3 is 5.97 Å². The number of carboxylic acids is 1. The highest BCUT2D eigenvalue weighted by Gasteiger charge is 2.15. The molecule has 1 N–H and O–H groups in total. The van der Waals surface area contributed by atoms with Gasteiger partial charge in [0.15, 0.2) is 0 Å². The zero-order valence-corrected chi connectivity index (χ0v) is 15.5. The molecule has 0 atom stereocenters. The van der Waals surface area contributed by atoms with Crippen LogP contribution in [0.2, 0.25) is 5.02 Å². The molecule has 1 aromatic heterocycles. The van der Waals surface area contributed by atoms with Crippen molar-refractivity contribution >= 4 is 28.5 Å². The lowest BCUT2D eigenvalue weighted by Gasteiger charge is -2.11.